The van der Waals surface area contributed by atoms with Crippen LogP contribution in [0.15, 0.2) is 71.5 Å². The van der Waals surface area contributed by atoms with E-state index >= 15 is 0 Å². The van der Waals surface area contributed by atoms with Crippen LogP contribution in [0, 0.1) is 0 Å². The van der Waals surface area contributed by atoms with E-state index < -0.39 is 0 Å². The fourth-order valence-corrected chi connectivity index (χ4v) is 3.05. The summed E-state index contributed by atoms with van der Waals surface area (Å²) in [5.41, 5.74) is 2.87. The molecule has 0 fully saturated rings. The number of nitrogens with one attached hydrogen (secondary N) is 1. The summed E-state index contributed by atoms with van der Waals surface area (Å²) >= 11 is 0. The summed E-state index contributed by atoms with van der Waals surface area (Å²) in [6.45, 7) is 0.479. The zero-order valence-corrected chi connectivity index (χ0v) is 14.3. The zero-order valence-electron chi connectivity index (χ0n) is 14.3. The molecule has 27 heavy (non-hydrogen) atoms. The Morgan fingerprint density at radius 3 is 2.33 bits per heavy atom. The van der Waals surface area contributed by atoms with Crippen molar-refractivity contribution >= 4 is 17.7 Å². The molecular weight excluding hydrogens is 344 g/mol. The third-order valence-electron chi connectivity index (χ3n) is 4.44. The second-order valence-corrected chi connectivity index (χ2v) is 6.26. The molecule has 0 bridgehead atoms. The number of rotatable bonds is 5. The van der Waals surface area contributed by atoms with Gasteiger partial charge in [0.15, 0.2) is 0 Å². The molecule has 0 radical (unpaired) electrons. The van der Waals surface area contributed by atoms with E-state index in [-0.39, 0.29) is 24.3 Å². The fraction of sp³-hybridized carbons (Fsp3) is 0.0952. The minimum atomic E-state index is -0.314. The van der Waals surface area contributed by atoms with Gasteiger partial charge >= 0.3 is 0 Å². The number of furan rings is 1. The van der Waals surface area contributed by atoms with Crippen LogP contribution in [0.25, 0.3) is 0 Å². The van der Waals surface area contributed by atoms with Crippen molar-refractivity contribution in [3.63, 3.8) is 0 Å². The SMILES string of the molecule is O=C(NCc1ccoc1)c1cccc(CN2C(=O)c3ccccc3C2=O)c1. The highest BCUT2D eigenvalue weighted by Gasteiger charge is 2.34. The molecule has 6 heteroatoms. The van der Waals surface area contributed by atoms with Crippen LogP contribution in [-0.2, 0) is 13.1 Å². The number of carbonyl (C=O) groups excluding carboxylic acids is 3. The van der Waals surface area contributed by atoms with Gasteiger partial charge in [0.25, 0.3) is 17.7 Å². The van der Waals surface area contributed by atoms with Gasteiger partial charge in [-0.2, -0.15) is 0 Å². The first-order chi connectivity index (χ1) is 13.1. The van der Waals surface area contributed by atoms with Gasteiger partial charge in [-0.3, -0.25) is 19.3 Å². The molecule has 0 spiro atoms. The third kappa shape index (κ3) is 3.25. The summed E-state index contributed by atoms with van der Waals surface area (Å²) in [6.07, 6.45) is 3.11. The first kappa shape index (κ1) is 16.8. The Bertz CT molecular complexity index is 989. The monoisotopic (exact) mass is 360 g/mol. The van der Waals surface area contributed by atoms with Crippen molar-refractivity contribution in [2.24, 2.45) is 0 Å². The summed E-state index contributed by atoms with van der Waals surface area (Å²) < 4.78 is 4.97. The number of benzene rings is 2. The second kappa shape index (κ2) is 6.92. The first-order valence-corrected chi connectivity index (χ1v) is 8.47. The zero-order chi connectivity index (χ0) is 18.8. The second-order valence-electron chi connectivity index (χ2n) is 6.26. The van der Waals surface area contributed by atoms with Gasteiger partial charge in [0.05, 0.1) is 30.2 Å². The highest BCUT2D eigenvalue weighted by atomic mass is 16.3. The molecule has 6 nitrogen and oxygen atoms in total. The lowest BCUT2D eigenvalue weighted by molar-refractivity contribution is 0.0642. The summed E-state index contributed by atoms with van der Waals surface area (Å²) in [5.74, 6) is -0.865. The standard InChI is InChI=1S/C21H16N2O4/c24-19(22-11-15-8-9-27-13-15)16-5-3-4-14(10-16)12-23-20(25)17-6-1-2-7-18(17)21(23)26/h1-10,13H,11-12H2,(H,22,24). The van der Waals surface area contributed by atoms with E-state index in [9.17, 15) is 14.4 Å². The van der Waals surface area contributed by atoms with E-state index in [0.29, 0.717) is 28.8 Å². The van der Waals surface area contributed by atoms with Crippen LogP contribution in [0.1, 0.15) is 42.2 Å². The minimum absolute atomic E-state index is 0.120. The molecule has 134 valence electrons. The van der Waals surface area contributed by atoms with Crippen molar-refractivity contribution in [3.05, 3.63) is 94.9 Å². The van der Waals surface area contributed by atoms with Crippen molar-refractivity contribution in [2.75, 3.05) is 0 Å². The van der Waals surface area contributed by atoms with Gasteiger partial charge in [0.1, 0.15) is 0 Å². The molecule has 0 aliphatic carbocycles. The molecule has 1 aromatic heterocycles. The van der Waals surface area contributed by atoms with Crippen LogP contribution in [0.3, 0.4) is 0 Å². The maximum atomic E-state index is 12.5. The van der Waals surface area contributed by atoms with Crippen molar-refractivity contribution in [1.82, 2.24) is 10.2 Å². The average Bonchev–Trinajstić information content (AvgIpc) is 3.30. The van der Waals surface area contributed by atoms with Gasteiger partial charge in [0.2, 0.25) is 0 Å². The van der Waals surface area contributed by atoms with Crippen LogP contribution < -0.4 is 5.32 Å². The van der Waals surface area contributed by atoms with E-state index in [4.69, 9.17) is 4.42 Å². The highest BCUT2D eigenvalue weighted by molar-refractivity contribution is 6.21. The van der Waals surface area contributed by atoms with Crippen LogP contribution in [0.5, 0.6) is 0 Å². The topological polar surface area (TPSA) is 79.6 Å². The molecule has 1 aliphatic rings. The van der Waals surface area contributed by atoms with Gasteiger partial charge in [0, 0.05) is 17.7 Å². The summed E-state index contributed by atoms with van der Waals surface area (Å²) in [4.78, 5) is 38.5. The van der Waals surface area contributed by atoms with Gasteiger partial charge < -0.3 is 9.73 Å². The van der Waals surface area contributed by atoms with Crippen molar-refractivity contribution in [2.45, 2.75) is 13.1 Å². The Morgan fingerprint density at radius 2 is 1.67 bits per heavy atom. The lowest BCUT2D eigenvalue weighted by Gasteiger charge is -2.14. The lowest BCUT2D eigenvalue weighted by atomic mass is 10.1. The molecule has 1 N–H and O–H groups in total. The maximum Gasteiger partial charge on any atom is 0.261 e. The number of hydrogen-bond donors (Lipinski definition) is 1. The van der Waals surface area contributed by atoms with Crippen molar-refractivity contribution < 1.29 is 18.8 Å². The molecule has 3 amide bonds. The Balaban J connectivity index is 1.48. The summed E-state index contributed by atoms with van der Waals surface area (Å²) in [5, 5.41) is 2.81. The number of hydrogen-bond acceptors (Lipinski definition) is 4. The molecule has 4 rings (SSSR count). The van der Waals surface area contributed by atoms with E-state index in [1.165, 1.54) is 4.90 Å². The number of carbonyl (C=O) groups is 3. The molecule has 0 saturated carbocycles. The Kier molecular flexibility index (Phi) is 4.30. The van der Waals surface area contributed by atoms with Crippen LogP contribution in [0.4, 0.5) is 0 Å². The molecule has 0 unspecified atom stereocenters. The molecule has 1 aliphatic heterocycles. The predicted octanol–water partition coefficient (Wildman–Crippen LogP) is 3.01. The fourth-order valence-electron chi connectivity index (χ4n) is 3.05. The largest absolute Gasteiger partial charge is 0.472 e. The van der Waals surface area contributed by atoms with Crippen molar-refractivity contribution in [3.8, 4) is 0 Å². The quantitative estimate of drug-likeness (QED) is 0.710. The minimum Gasteiger partial charge on any atom is -0.472 e. The number of imide groups is 1. The van der Waals surface area contributed by atoms with Gasteiger partial charge in [-0.1, -0.05) is 24.3 Å². The maximum absolute atomic E-state index is 12.5. The normalized spacial score (nSPS) is 13.0. The van der Waals surface area contributed by atoms with E-state index in [1.54, 1.807) is 67.1 Å². The van der Waals surface area contributed by atoms with E-state index in [1.807, 2.05) is 0 Å². The van der Waals surface area contributed by atoms with Crippen LogP contribution in [0.2, 0.25) is 0 Å². The highest BCUT2D eigenvalue weighted by Crippen LogP contribution is 2.24. The summed E-state index contributed by atoms with van der Waals surface area (Å²) in [6, 6.07) is 15.4. The molecule has 2 aromatic carbocycles. The summed E-state index contributed by atoms with van der Waals surface area (Å²) in [7, 11) is 0. The van der Waals surface area contributed by atoms with E-state index in [2.05, 4.69) is 5.32 Å². The number of fused-ring (bicyclic) bond motifs is 1. The molecule has 0 saturated heterocycles. The van der Waals surface area contributed by atoms with Crippen LogP contribution >= 0.6 is 0 Å². The lowest BCUT2D eigenvalue weighted by Crippen LogP contribution is -2.29. The smallest absolute Gasteiger partial charge is 0.261 e. The number of nitrogens with zero attached hydrogens (tertiary/aromatic N) is 1. The van der Waals surface area contributed by atoms with Crippen LogP contribution in [-0.4, -0.2) is 22.6 Å². The molecule has 0 atom stereocenters. The molecular formula is C21H16N2O4. The molecule has 3 aromatic rings. The Labute approximate surface area is 155 Å². The van der Waals surface area contributed by atoms with Gasteiger partial charge in [-0.05, 0) is 35.9 Å². The van der Waals surface area contributed by atoms with Gasteiger partial charge in [-0.25, -0.2) is 0 Å². The number of amides is 3. The Hall–Kier alpha value is -3.67. The predicted molar refractivity (Wildman–Crippen MR) is 97.0 cm³/mol. The third-order valence-corrected chi connectivity index (χ3v) is 4.44. The molecule has 2 heterocycles. The Morgan fingerprint density at radius 1 is 0.926 bits per heavy atom. The average molecular weight is 360 g/mol. The first-order valence-electron chi connectivity index (χ1n) is 8.47. The van der Waals surface area contributed by atoms with E-state index in [0.717, 1.165) is 5.56 Å². The van der Waals surface area contributed by atoms with Crippen molar-refractivity contribution in [1.29, 1.82) is 0 Å². The van der Waals surface area contributed by atoms with Gasteiger partial charge in [-0.15, -0.1) is 0 Å².